The highest BCUT2D eigenvalue weighted by atomic mass is 16.3. The van der Waals surface area contributed by atoms with E-state index in [1.807, 2.05) is 38.1 Å². The first-order chi connectivity index (χ1) is 7.58. The predicted octanol–water partition coefficient (Wildman–Crippen LogP) is 1.65. The number of rotatable bonds is 2. The number of benzene rings is 1. The Bertz CT molecular complexity index is 385. The average Bonchev–Trinajstić information content (AvgIpc) is 2.58. The molecule has 1 aromatic carbocycles. The first-order valence-electron chi connectivity index (χ1n) is 5.62. The van der Waals surface area contributed by atoms with E-state index in [9.17, 15) is 9.90 Å². The lowest BCUT2D eigenvalue weighted by molar-refractivity contribution is -0.129. The van der Waals surface area contributed by atoms with Crippen molar-refractivity contribution < 1.29 is 9.90 Å². The van der Waals surface area contributed by atoms with Crippen LogP contribution in [-0.2, 0) is 4.79 Å². The van der Waals surface area contributed by atoms with Gasteiger partial charge in [-0.3, -0.25) is 4.79 Å². The summed E-state index contributed by atoms with van der Waals surface area (Å²) < 4.78 is 0. The summed E-state index contributed by atoms with van der Waals surface area (Å²) in [6.45, 7) is 4.49. The van der Waals surface area contributed by atoms with Gasteiger partial charge in [0.1, 0.15) is 0 Å². The van der Waals surface area contributed by atoms with E-state index >= 15 is 0 Å². The van der Waals surface area contributed by atoms with Crippen LogP contribution in [0, 0.1) is 6.92 Å². The van der Waals surface area contributed by atoms with E-state index in [0.29, 0.717) is 6.54 Å². The van der Waals surface area contributed by atoms with E-state index in [4.69, 9.17) is 0 Å². The highest BCUT2D eigenvalue weighted by Gasteiger charge is 2.31. The molecule has 2 unspecified atom stereocenters. The van der Waals surface area contributed by atoms with E-state index in [1.165, 1.54) is 5.56 Å². The maximum absolute atomic E-state index is 11.6. The molecule has 1 aliphatic heterocycles. The lowest BCUT2D eigenvalue weighted by atomic mass is 10.1. The van der Waals surface area contributed by atoms with Gasteiger partial charge >= 0.3 is 0 Å². The number of aliphatic hydroxyl groups is 1. The van der Waals surface area contributed by atoms with Crippen LogP contribution in [-0.4, -0.2) is 28.6 Å². The molecule has 0 bridgehead atoms. The third-order valence-corrected chi connectivity index (χ3v) is 3.17. The van der Waals surface area contributed by atoms with Crippen molar-refractivity contribution in [1.82, 2.24) is 4.90 Å². The van der Waals surface area contributed by atoms with Crippen molar-refractivity contribution in [3.05, 3.63) is 35.4 Å². The van der Waals surface area contributed by atoms with E-state index in [1.54, 1.807) is 4.90 Å². The molecule has 2 atom stereocenters. The molecule has 1 amide bonds. The van der Waals surface area contributed by atoms with E-state index in [2.05, 4.69) is 0 Å². The SMILES string of the molecule is Cc1ccc(C(C)N2CC(O)CC2=O)cc1. The molecule has 1 heterocycles. The lowest BCUT2D eigenvalue weighted by Gasteiger charge is -2.24. The number of carbonyl (C=O) groups is 1. The summed E-state index contributed by atoms with van der Waals surface area (Å²) in [5, 5.41) is 9.45. The molecular weight excluding hydrogens is 202 g/mol. The van der Waals surface area contributed by atoms with Crippen LogP contribution >= 0.6 is 0 Å². The van der Waals surface area contributed by atoms with Gasteiger partial charge in [0.2, 0.25) is 5.91 Å². The number of hydrogen-bond donors (Lipinski definition) is 1. The molecule has 1 fully saturated rings. The summed E-state index contributed by atoms with van der Waals surface area (Å²) in [4.78, 5) is 13.4. The second-order valence-electron chi connectivity index (χ2n) is 4.49. The first-order valence-corrected chi connectivity index (χ1v) is 5.62. The molecule has 0 saturated carbocycles. The molecule has 0 radical (unpaired) electrons. The third kappa shape index (κ3) is 2.09. The Morgan fingerprint density at radius 3 is 2.50 bits per heavy atom. The smallest absolute Gasteiger partial charge is 0.225 e. The number of nitrogens with zero attached hydrogens (tertiary/aromatic N) is 1. The molecular formula is C13H17NO2. The van der Waals surface area contributed by atoms with Crippen molar-refractivity contribution in [3.63, 3.8) is 0 Å². The van der Waals surface area contributed by atoms with E-state index < -0.39 is 6.10 Å². The average molecular weight is 219 g/mol. The number of likely N-dealkylation sites (tertiary alicyclic amines) is 1. The molecule has 16 heavy (non-hydrogen) atoms. The Labute approximate surface area is 95.7 Å². The second-order valence-corrected chi connectivity index (χ2v) is 4.49. The van der Waals surface area contributed by atoms with Gasteiger partial charge in [0, 0.05) is 6.54 Å². The first kappa shape index (κ1) is 11.1. The summed E-state index contributed by atoms with van der Waals surface area (Å²) >= 11 is 0. The summed E-state index contributed by atoms with van der Waals surface area (Å²) in [6, 6.07) is 8.21. The van der Waals surface area contributed by atoms with Gasteiger partial charge in [-0.25, -0.2) is 0 Å². The summed E-state index contributed by atoms with van der Waals surface area (Å²) in [6.07, 6.45) is -0.240. The normalized spacial score (nSPS) is 22.6. The quantitative estimate of drug-likeness (QED) is 0.821. The van der Waals surface area contributed by atoms with Gasteiger partial charge in [0.15, 0.2) is 0 Å². The third-order valence-electron chi connectivity index (χ3n) is 3.17. The van der Waals surface area contributed by atoms with Crippen LogP contribution in [0.5, 0.6) is 0 Å². The standard InChI is InChI=1S/C13H17NO2/c1-9-3-5-11(6-4-9)10(2)14-8-12(15)7-13(14)16/h3-6,10,12,15H,7-8H2,1-2H3. The van der Waals surface area contributed by atoms with Crippen molar-refractivity contribution in [1.29, 1.82) is 0 Å². The number of carbonyl (C=O) groups excluding carboxylic acids is 1. The fraction of sp³-hybridized carbons (Fsp3) is 0.462. The van der Waals surface area contributed by atoms with Crippen molar-refractivity contribution in [3.8, 4) is 0 Å². The zero-order valence-electron chi connectivity index (χ0n) is 9.68. The fourth-order valence-corrected chi connectivity index (χ4v) is 2.11. The number of amides is 1. The molecule has 2 rings (SSSR count). The van der Waals surface area contributed by atoms with Gasteiger partial charge in [0.25, 0.3) is 0 Å². The minimum atomic E-state index is -0.500. The molecule has 0 aliphatic carbocycles. The fourth-order valence-electron chi connectivity index (χ4n) is 2.11. The Morgan fingerprint density at radius 1 is 1.38 bits per heavy atom. The molecule has 3 nitrogen and oxygen atoms in total. The Kier molecular flexibility index (Phi) is 2.97. The highest BCUT2D eigenvalue weighted by Crippen LogP contribution is 2.25. The predicted molar refractivity (Wildman–Crippen MR) is 61.9 cm³/mol. The topological polar surface area (TPSA) is 40.5 Å². The molecule has 1 aliphatic rings. The van der Waals surface area contributed by atoms with Gasteiger partial charge in [-0.05, 0) is 19.4 Å². The van der Waals surface area contributed by atoms with Gasteiger partial charge in [-0.2, -0.15) is 0 Å². The van der Waals surface area contributed by atoms with Crippen molar-refractivity contribution in [2.45, 2.75) is 32.4 Å². The summed E-state index contributed by atoms with van der Waals surface area (Å²) in [5.41, 5.74) is 2.33. The molecule has 1 N–H and O–H groups in total. The van der Waals surface area contributed by atoms with Crippen LogP contribution in [0.2, 0.25) is 0 Å². The molecule has 3 heteroatoms. The number of hydrogen-bond acceptors (Lipinski definition) is 2. The number of aliphatic hydroxyl groups excluding tert-OH is 1. The minimum Gasteiger partial charge on any atom is -0.391 e. The zero-order valence-corrected chi connectivity index (χ0v) is 9.68. The van der Waals surface area contributed by atoms with Gasteiger partial charge in [-0.15, -0.1) is 0 Å². The lowest BCUT2D eigenvalue weighted by Crippen LogP contribution is -2.29. The maximum Gasteiger partial charge on any atom is 0.225 e. The van der Waals surface area contributed by atoms with Crippen molar-refractivity contribution >= 4 is 5.91 Å². The second kappa shape index (κ2) is 4.26. The summed E-state index contributed by atoms with van der Waals surface area (Å²) in [5.74, 6) is 0.0422. The van der Waals surface area contributed by atoms with Crippen LogP contribution in [0.4, 0.5) is 0 Å². The van der Waals surface area contributed by atoms with Gasteiger partial charge in [0.05, 0.1) is 18.6 Å². The van der Waals surface area contributed by atoms with Gasteiger partial charge < -0.3 is 10.0 Å². The minimum absolute atomic E-state index is 0.0422. The van der Waals surface area contributed by atoms with Crippen LogP contribution in [0.25, 0.3) is 0 Å². The molecule has 1 saturated heterocycles. The number of aryl methyl sites for hydroxylation is 1. The monoisotopic (exact) mass is 219 g/mol. The van der Waals surface area contributed by atoms with Crippen molar-refractivity contribution in [2.24, 2.45) is 0 Å². The molecule has 0 aromatic heterocycles. The Balaban J connectivity index is 2.16. The van der Waals surface area contributed by atoms with Crippen LogP contribution in [0.3, 0.4) is 0 Å². The largest absolute Gasteiger partial charge is 0.391 e. The highest BCUT2D eigenvalue weighted by molar-refractivity contribution is 5.79. The molecule has 0 spiro atoms. The van der Waals surface area contributed by atoms with Crippen LogP contribution in [0.1, 0.15) is 30.5 Å². The van der Waals surface area contributed by atoms with E-state index in [0.717, 1.165) is 5.56 Å². The van der Waals surface area contributed by atoms with E-state index in [-0.39, 0.29) is 18.4 Å². The van der Waals surface area contributed by atoms with Crippen molar-refractivity contribution in [2.75, 3.05) is 6.54 Å². The maximum atomic E-state index is 11.6. The molecule has 1 aromatic rings. The molecule has 86 valence electrons. The number of β-amino-alcohol motifs (C(OH)–C–C–N with tert-alkyl or cyclic N) is 1. The van der Waals surface area contributed by atoms with Crippen LogP contribution < -0.4 is 0 Å². The zero-order chi connectivity index (χ0) is 11.7. The summed E-state index contributed by atoms with van der Waals surface area (Å²) in [7, 11) is 0. The Hall–Kier alpha value is -1.35. The Morgan fingerprint density at radius 2 is 2.00 bits per heavy atom. The van der Waals surface area contributed by atoms with Crippen LogP contribution in [0.15, 0.2) is 24.3 Å². The van der Waals surface area contributed by atoms with Gasteiger partial charge in [-0.1, -0.05) is 29.8 Å².